The largest absolute Gasteiger partial charge is 0.464 e. The summed E-state index contributed by atoms with van der Waals surface area (Å²) in [5.41, 5.74) is 0. The van der Waals surface area contributed by atoms with Crippen molar-refractivity contribution in [3.8, 4) is 0 Å². The number of esters is 1. The van der Waals surface area contributed by atoms with Crippen molar-refractivity contribution >= 4 is 18.4 Å². The SMILES string of the molecule is Cl.O=C1OCC[C@@H]1O. The highest BCUT2D eigenvalue weighted by molar-refractivity contribution is 5.85. The number of aliphatic hydroxyl groups is 1. The standard InChI is InChI=1S/C4H6O3.ClH/c5-3-1-2-7-4(3)6;/h3,5H,1-2H2;1H/t3-;/m0./s1. The molecule has 3 nitrogen and oxygen atoms in total. The van der Waals surface area contributed by atoms with Gasteiger partial charge >= 0.3 is 5.97 Å². The van der Waals surface area contributed by atoms with Crippen molar-refractivity contribution in [1.29, 1.82) is 0 Å². The molecule has 0 bridgehead atoms. The second-order valence-corrected chi connectivity index (χ2v) is 1.47. The fourth-order valence-corrected chi connectivity index (χ4v) is 0.485. The molecule has 0 radical (unpaired) electrons. The normalized spacial score (nSPS) is 26.6. The highest BCUT2D eigenvalue weighted by Crippen LogP contribution is 2.03. The Morgan fingerprint density at radius 2 is 2.38 bits per heavy atom. The average Bonchev–Trinajstić information content (AvgIpc) is 1.91. The summed E-state index contributed by atoms with van der Waals surface area (Å²) >= 11 is 0. The van der Waals surface area contributed by atoms with Gasteiger partial charge in [0.1, 0.15) is 0 Å². The molecule has 1 fully saturated rings. The summed E-state index contributed by atoms with van der Waals surface area (Å²) in [7, 11) is 0. The van der Waals surface area contributed by atoms with Crippen LogP contribution in [-0.2, 0) is 9.53 Å². The predicted molar refractivity (Wildman–Crippen MR) is 28.8 cm³/mol. The molecular formula is C4H7ClO3. The number of ether oxygens (including phenoxy) is 1. The van der Waals surface area contributed by atoms with Crippen LogP contribution in [0.25, 0.3) is 0 Å². The van der Waals surface area contributed by atoms with E-state index in [0.717, 1.165) is 0 Å². The third kappa shape index (κ3) is 1.35. The van der Waals surface area contributed by atoms with Gasteiger partial charge in [0.05, 0.1) is 6.61 Å². The summed E-state index contributed by atoms with van der Waals surface area (Å²) in [5.74, 6) is -0.486. The minimum Gasteiger partial charge on any atom is -0.464 e. The molecule has 0 spiro atoms. The van der Waals surface area contributed by atoms with E-state index in [1.54, 1.807) is 0 Å². The molecule has 8 heavy (non-hydrogen) atoms. The van der Waals surface area contributed by atoms with E-state index in [-0.39, 0.29) is 12.4 Å². The molecule has 1 rings (SSSR count). The van der Waals surface area contributed by atoms with Crippen LogP contribution in [0.5, 0.6) is 0 Å². The van der Waals surface area contributed by atoms with Crippen molar-refractivity contribution in [2.75, 3.05) is 6.61 Å². The number of carbonyl (C=O) groups excluding carboxylic acids is 1. The third-order valence-electron chi connectivity index (χ3n) is 0.908. The molecular weight excluding hydrogens is 131 g/mol. The van der Waals surface area contributed by atoms with Gasteiger partial charge in [-0.25, -0.2) is 4.79 Å². The van der Waals surface area contributed by atoms with Crippen molar-refractivity contribution in [2.45, 2.75) is 12.5 Å². The molecule has 0 aromatic carbocycles. The van der Waals surface area contributed by atoms with Crippen LogP contribution in [0.15, 0.2) is 0 Å². The van der Waals surface area contributed by atoms with Gasteiger partial charge in [0.15, 0.2) is 6.10 Å². The molecule has 1 N–H and O–H groups in total. The minimum absolute atomic E-state index is 0. The minimum atomic E-state index is -0.847. The third-order valence-corrected chi connectivity index (χ3v) is 0.908. The number of rotatable bonds is 0. The zero-order chi connectivity index (χ0) is 5.28. The first-order valence-electron chi connectivity index (χ1n) is 2.15. The number of carbonyl (C=O) groups is 1. The molecule has 1 heterocycles. The Hall–Kier alpha value is -0.280. The Labute approximate surface area is 53.1 Å². The van der Waals surface area contributed by atoms with Crippen LogP contribution < -0.4 is 0 Å². The van der Waals surface area contributed by atoms with Crippen LogP contribution in [0.2, 0.25) is 0 Å². The molecule has 1 aliphatic rings. The Bertz CT molecular complexity index is 93.3. The van der Waals surface area contributed by atoms with Crippen LogP contribution in [0, 0.1) is 0 Å². The van der Waals surface area contributed by atoms with E-state index in [1.165, 1.54) is 0 Å². The summed E-state index contributed by atoms with van der Waals surface area (Å²) in [4.78, 5) is 10.1. The van der Waals surface area contributed by atoms with Crippen molar-refractivity contribution in [2.24, 2.45) is 0 Å². The molecule has 0 aromatic rings. The number of hydrogen-bond donors (Lipinski definition) is 1. The van der Waals surface area contributed by atoms with Crippen LogP contribution in [0.4, 0.5) is 0 Å². The molecule has 4 heteroatoms. The number of aliphatic hydroxyl groups excluding tert-OH is 1. The first kappa shape index (κ1) is 7.72. The van der Waals surface area contributed by atoms with Crippen molar-refractivity contribution in [3.05, 3.63) is 0 Å². The van der Waals surface area contributed by atoms with Crippen LogP contribution in [0.3, 0.4) is 0 Å². The number of hydrogen-bond acceptors (Lipinski definition) is 3. The monoisotopic (exact) mass is 138 g/mol. The van der Waals surface area contributed by atoms with Crippen molar-refractivity contribution in [1.82, 2.24) is 0 Å². The lowest BCUT2D eigenvalue weighted by molar-refractivity contribution is -0.144. The zero-order valence-corrected chi connectivity index (χ0v) is 4.98. The van der Waals surface area contributed by atoms with E-state index in [2.05, 4.69) is 4.74 Å². The molecule has 0 aromatic heterocycles. The fraction of sp³-hybridized carbons (Fsp3) is 0.750. The second-order valence-electron chi connectivity index (χ2n) is 1.47. The van der Waals surface area contributed by atoms with E-state index in [1.807, 2.05) is 0 Å². The molecule has 1 saturated heterocycles. The predicted octanol–water partition coefficient (Wildman–Crippen LogP) is -0.284. The molecule has 48 valence electrons. The number of cyclic esters (lactones) is 1. The van der Waals surface area contributed by atoms with Crippen molar-refractivity contribution < 1.29 is 14.6 Å². The van der Waals surface area contributed by atoms with Gasteiger partial charge in [-0.15, -0.1) is 12.4 Å². The summed E-state index contributed by atoms with van der Waals surface area (Å²) in [6.45, 7) is 0.375. The van der Waals surface area contributed by atoms with Crippen LogP contribution in [-0.4, -0.2) is 23.8 Å². The van der Waals surface area contributed by atoms with Gasteiger partial charge in [0, 0.05) is 6.42 Å². The topological polar surface area (TPSA) is 46.5 Å². The summed E-state index contributed by atoms with van der Waals surface area (Å²) < 4.78 is 4.38. The quantitative estimate of drug-likeness (QED) is 0.468. The number of halogens is 1. The lowest BCUT2D eigenvalue weighted by atomic mass is 10.3. The lowest BCUT2D eigenvalue weighted by Crippen LogP contribution is -2.11. The van der Waals surface area contributed by atoms with E-state index in [9.17, 15) is 4.79 Å². The fourth-order valence-electron chi connectivity index (χ4n) is 0.485. The second kappa shape index (κ2) is 2.89. The van der Waals surface area contributed by atoms with Crippen molar-refractivity contribution in [3.63, 3.8) is 0 Å². The highest BCUT2D eigenvalue weighted by Gasteiger charge is 2.22. The van der Waals surface area contributed by atoms with Gasteiger partial charge in [0.25, 0.3) is 0 Å². The molecule has 0 aliphatic carbocycles. The molecule has 1 atom stereocenters. The maximum Gasteiger partial charge on any atom is 0.335 e. The highest BCUT2D eigenvalue weighted by atomic mass is 35.5. The van der Waals surface area contributed by atoms with Gasteiger partial charge in [-0.1, -0.05) is 0 Å². The maximum absolute atomic E-state index is 10.1. The Balaban J connectivity index is 0.000000490. The molecule has 0 amide bonds. The Kier molecular flexibility index (Phi) is 2.79. The lowest BCUT2D eigenvalue weighted by Gasteiger charge is -1.88. The first-order chi connectivity index (χ1) is 3.30. The van der Waals surface area contributed by atoms with Gasteiger partial charge in [-0.3, -0.25) is 0 Å². The smallest absolute Gasteiger partial charge is 0.335 e. The first-order valence-corrected chi connectivity index (χ1v) is 2.15. The van der Waals surface area contributed by atoms with Crippen LogP contribution >= 0.6 is 12.4 Å². The Morgan fingerprint density at radius 1 is 1.75 bits per heavy atom. The van der Waals surface area contributed by atoms with E-state index in [4.69, 9.17) is 5.11 Å². The summed E-state index contributed by atoms with van der Waals surface area (Å²) in [5, 5.41) is 8.52. The molecule has 0 saturated carbocycles. The maximum atomic E-state index is 10.1. The summed E-state index contributed by atoms with van der Waals surface area (Å²) in [6, 6.07) is 0. The van der Waals surface area contributed by atoms with E-state index in [0.29, 0.717) is 13.0 Å². The zero-order valence-electron chi connectivity index (χ0n) is 4.16. The van der Waals surface area contributed by atoms with E-state index < -0.39 is 12.1 Å². The van der Waals surface area contributed by atoms with Crippen LogP contribution in [0.1, 0.15) is 6.42 Å². The molecule has 1 aliphatic heterocycles. The van der Waals surface area contributed by atoms with Gasteiger partial charge in [0.2, 0.25) is 0 Å². The molecule has 0 unspecified atom stereocenters. The van der Waals surface area contributed by atoms with Gasteiger partial charge in [-0.2, -0.15) is 0 Å². The van der Waals surface area contributed by atoms with Gasteiger partial charge < -0.3 is 9.84 Å². The van der Waals surface area contributed by atoms with E-state index >= 15 is 0 Å². The van der Waals surface area contributed by atoms with Gasteiger partial charge in [-0.05, 0) is 0 Å². The average molecular weight is 139 g/mol. The Morgan fingerprint density at radius 3 is 2.50 bits per heavy atom. The summed E-state index contributed by atoms with van der Waals surface area (Å²) in [6.07, 6.45) is -0.390.